The topological polar surface area (TPSA) is 377 Å². The molecular weight excluding hydrogens is 1240 g/mol. The number of ether oxygens (including phenoxy) is 1. The number of unbranched alkanes of at least 4 members (excludes halogenated alkanes) is 1. The zero-order valence-corrected chi connectivity index (χ0v) is 58.4. The Balaban J connectivity index is 1.59. The average Bonchev–Trinajstić information content (AvgIpc) is 0.805. The summed E-state index contributed by atoms with van der Waals surface area (Å²) in [5.74, 6) is -10.9. The molecule has 3 aliphatic rings. The van der Waals surface area contributed by atoms with Crippen molar-refractivity contribution >= 4 is 88.3 Å². The lowest BCUT2D eigenvalue weighted by Gasteiger charge is -2.52. The number of oxime groups is 1. The molecule has 2 aromatic rings. The first-order valence-corrected chi connectivity index (χ1v) is 33.4. The minimum atomic E-state index is -1.55. The Labute approximate surface area is 563 Å². The van der Waals surface area contributed by atoms with Gasteiger partial charge in [-0.2, -0.15) is 4.98 Å². The Morgan fingerprint density at radius 2 is 1.38 bits per heavy atom. The van der Waals surface area contributed by atoms with E-state index in [4.69, 9.17) is 19.7 Å². The molecule has 10 N–H and O–H groups in total. The standard InChI is InChI=1S/C68H104N14O14/c1-18-21-24-39(12)40(13)55-63(89)73-45(19-2)59(85)70-33-53(83)80(17)57(43(16)94-28-23-22-27-71-95-34-44-25-26-52-46(31-44)77-68(69)96-52)65(91)78-54(37(8)9)62(88)75-47(29-35(4)5)60(86)72-41(14)66(92)81-42(15)58(84)74-48(30-36(6)7)61(87)76-49-32-51(81)50(20-3)82(67(49)93)56(38(10)11)64(90)79-55/h18,20-21,25-27,31,35-39,41-43,45,47-51,54-57H,3,13,19,22-24,28-30,32-34H2,1-2,4-12,14-17H3,(H2,69,77)(H,70,85)(H,72,86)(H,73,89)(H,74,84)(H,75,88)(H,76,87)(H,78,91)(H,79,90). The molecule has 3 aliphatic heterocycles. The number of nitrogen functional groups attached to an aromatic ring is 1. The zero-order chi connectivity index (χ0) is 71.6. The number of nitrogens with two attached hydrogens (primary N) is 1. The van der Waals surface area contributed by atoms with E-state index in [1.54, 1.807) is 72.9 Å². The SMILES string of the molecule is C=CC1C2CC3NC(=O)C(CC(C)C)NC(=O)C(C)N2C(=O)C(C)NC(=O)C(CC(C)C)NC(=O)C(C(C)C)NC(=O)C(C(C)OCCCC=NOCc2ccc4oc(N)nc4c2)N(C)C(=O)CNC(=O)C(CC)NC(=O)C(C(=C)C(C)CC=CC)NC(=O)C(C(C)C)N1C3=O. The minimum absolute atomic E-state index is 0.0158. The zero-order valence-electron chi connectivity index (χ0n) is 58.4. The van der Waals surface area contributed by atoms with Crippen molar-refractivity contribution in [3.63, 3.8) is 0 Å². The molecule has 0 spiro atoms. The maximum absolute atomic E-state index is 15.5. The molecule has 530 valence electrons. The second-order valence-electron chi connectivity index (χ2n) is 26.8. The van der Waals surface area contributed by atoms with Crippen molar-refractivity contribution in [1.82, 2.24) is 62.2 Å². The van der Waals surface area contributed by atoms with Gasteiger partial charge in [-0.1, -0.05) is 105 Å². The van der Waals surface area contributed by atoms with Crippen molar-refractivity contribution in [3.05, 3.63) is 60.7 Å². The highest BCUT2D eigenvalue weighted by molar-refractivity contribution is 6.01. The van der Waals surface area contributed by atoms with Gasteiger partial charge in [0.1, 0.15) is 72.5 Å². The fourth-order valence-corrected chi connectivity index (χ4v) is 12.1. The number of likely N-dealkylation sites (N-methyl/N-ethyl adjacent to an activating group) is 1. The molecule has 3 saturated heterocycles. The van der Waals surface area contributed by atoms with Gasteiger partial charge >= 0.3 is 0 Å². The number of carbonyl (C=O) groups excluding carboxylic acids is 11. The molecule has 96 heavy (non-hydrogen) atoms. The van der Waals surface area contributed by atoms with Gasteiger partial charge in [-0.25, -0.2) is 0 Å². The van der Waals surface area contributed by atoms with Gasteiger partial charge in [0.15, 0.2) is 5.58 Å². The molecule has 1 aromatic carbocycles. The lowest BCUT2D eigenvalue weighted by molar-refractivity contribution is -0.160. The van der Waals surface area contributed by atoms with Crippen LogP contribution in [0.1, 0.15) is 147 Å². The molecule has 0 aliphatic carbocycles. The number of benzene rings is 1. The van der Waals surface area contributed by atoms with E-state index >= 15 is 14.4 Å². The van der Waals surface area contributed by atoms with E-state index in [1.807, 2.05) is 46.8 Å². The molecule has 3 fully saturated rings. The summed E-state index contributed by atoms with van der Waals surface area (Å²) in [7, 11) is 1.33. The van der Waals surface area contributed by atoms with Crippen LogP contribution in [0.2, 0.25) is 0 Å². The molecule has 28 nitrogen and oxygen atoms in total. The van der Waals surface area contributed by atoms with Crippen molar-refractivity contribution in [2.24, 2.45) is 34.7 Å². The van der Waals surface area contributed by atoms with E-state index < -0.39 is 168 Å². The molecule has 1 aromatic heterocycles. The van der Waals surface area contributed by atoms with Crippen LogP contribution in [0.15, 0.2) is 64.7 Å². The van der Waals surface area contributed by atoms with Crippen molar-refractivity contribution in [2.45, 2.75) is 227 Å². The molecule has 3 bridgehead atoms. The summed E-state index contributed by atoms with van der Waals surface area (Å²) in [6.45, 7) is 31.5. The third kappa shape index (κ3) is 20.4. The summed E-state index contributed by atoms with van der Waals surface area (Å²) < 4.78 is 11.5. The van der Waals surface area contributed by atoms with E-state index in [1.165, 1.54) is 36.8 Å². The fraction of sp³-hybridized carbons (Fsp3) is 0.632. The molecule has 28 heteroatoms. The number of nitrogens with one attached hydrogen (secondary N) is 8. The molecule has 14 unspecified atom stereocenters. The van der Waals surface area contributed by atoms with Gasteiger partial charge in [-0.3, -0.25) is 52.7 Å². The third-order valence-corrected chi connectivity index (χ3v) is 17.5. The first kappa shape index (κ1) is 78.0. The van der Waals surface area contributed by atoms with Gasteiger partial charge in [-0.15, -0.1) is 6.58 Å². The molecule has 0 radical (unpaired) electrons. The van der Waals surface area contributed by atoms with Crippen LogP contribution in [0.4, 0.5) is 6.01 Å². The number of oxazole rings is 1. The van der Waals surface area contributed by atoms with Crippen LogP contribution >= 0.6 is 0 Å². The summed E-state index contributed by atoms with van der Waals surface area (Å²) in [5.41, 5.74) is 7.78. The van der Waals surface area contributed by atoms with Crippen molar-refractivity contribution in [3.8, 4) is 0 Å². The van der Waals surface area contributed by atoms with Gasteiger partial charge in [0.2, 0.25) is 65.0 Å². The van der Waals surface area contributed by atoms with E-state index in [0.717, 1.165) is 10.5 Å². The van der Waals surface area contributed by atoms with E-state index in [2.05, 4.69) is 65.8 Å². The van der Waals surface area contributed by atoms with Gasteiger partial charge in [0.25, 0.3) is 6.01 Å². The van der Waals surface area contributed by atoms with Crippen LogP contribution in [0.3, 0.4) is 0 Å². The Morgan fingerprint density at radius 3 is 1.98 bits per heavy atom. The maximum atomic E-state index is 15.5. The highest BCUT2D eigenvalue weighted by Crippen LogP contribution is 2.33. The second-order valence-corrected chi connectivity index (χ2v) is 26.8. The number of nitrogens with zero attached hydrogens (tertiary/aromatic N) is 5. The number of carbonyl (C=O) groups is 11. The monoisotopic (exact) mass is 1340 g/mol. The third-order valence-electron chi connectivity index (χ3n) is 17.5. The molecule has 4 heterocycles. The van der Waals surface area contributed by atoms with Gasteiger partial charge in [-0.05, 0) is 125 Å². The molecule has 11 amide bonds. The van der Waals surface area contributed by atoms with Crippen molar-refractivity contribution < 1.29 is 66.7 Å². The summed E-state index contributed by atoms with van der Waals surface area (Å²) in [6, 6.07) is -11.0. The maximum Gasteiger partial charge on any atom is 0.292 e. The predicted octanol–water partition coefficient (Wildman–Crippen LogP) is 3.20. The number of aromatic nitrogens is 1. The van der Waals surface area contributed by atoms with Crippen LogP contribution in [0.25, 0.3) is 11.1 Å². The number of piperidine rings is 1. The van der Waals surface area contributed by atoms with Crippen LogP contribution in [0, 0.1) is 29.6 Å². The lowest BCUT2D eigenvalue weighted by atomic mass is 9.85. The van der Waals surface area contributed by atoms with Crippen molar-refractivity contribution in [2.75, 3.05) is 25.9 Å². The first-order chi connectivity index (χ1) is 45.3. The fourth-order valence-electron chi connectivity index (χ4n) is 12.1. The quantitative estimate of drug-likeness (QED) is 0.0375. The number of hydrogen-bond acceptors (Lipinski definition) is 17. The summed E-state index contributed by atoms with van der Waals surface area (Å²) in [5, 5.41) is 26.2. The van der Waals surface area contributed by atoms with Gasteiger partial charge in [0, 0.05) is 19.9 Å². The molecular formula is C68H104N14O14. The predicted molar refractivity (Wildman–Crippen MR) is 361 cm³/mol. The minimum Gasteiger partial charge on any atom is -0.424 e. The number of fused-ring (bicyclic) bond motifs is 3. The summed E-state index contributed by atoms with van der Waals surface area (Å²) in [6.07, 6.45) is 6.56. The van der Waals surface area contributed by atoms with Crippen LogP contribution in [-0.2, 0) is 68.9 Å². The summed E-state index contributed by atoms with van der Waals surface area (Å²) in [4.78, 5) is 176. The van der Waals surface area contributed by atoms with E-state index in [-0.39, 0.29) is 62.3 Å². The lowest BCUT2D eigenvalue weighted by Crippen LogP contribution is -2.73. The molecule has 0 saturated carbocycles. The Morgan fingerprint density at radius 1 is 0.750 bits per heavy atom. The van der Waals surface area contributed by atoms with E-state index in [9.17, 15) is 38.4 Å². The molecule has 14 atom stereocenters. The Kier molecular flexibility index (Phi) is 29.2. The van der Waals surface area contributed by atoms with Crippen LogP contribution in [-0.4, -0.2) is 190 Å². The second kappa shape index (κ2) is 35.9. The largest absolute Gasteiger partial charge is 0.424 e. The van der Waals surface area contributed by atoms with E-state index in [0.29, 0.717) is 30.4 Å². The highest BCUT2D eigenvalue weighted by atomic mass is 16.6. The Bertz CT molecular complexity index is 3200. The number of allylic oxidation sites excluding steroid dienone is 2. The van der Waals surface area contributed by atoms with Gasteiger partial charge < -0.3 is 77.0 Å². The summed E-state index contributed by atoms with van der Waals surface area (Å²) >= 11 is 0. The van der Waals surface area contributed by atoms with Crippen LogP contribution in [0.5, 0.6) is 0 Å². The Hall–Kier alpha value is -8.69. The van der Waals surface area contributed by atoms with Crippen LogP contribution < -0.4 is 48.3 Å². The average molecular weight is 1340 g/mol. The number of hydrogen-bond donors (Lipinski definition) is 9. The number of rotatable bonds is 21. The normalized spacial score (nSPS) is 26.9. The smallest absolute Gasteiger partial charge is 0.292 e. The highest BCUT2D eigenvalue weighted by Gasteiger charge is 2.53. The number of anilines is 1. The van der Waals surface area contributed by atoms with Gasteiger partial charge in [0.05, 0.1) is 24.7 Å². The van der Waals surface area contributed by atoms with Crippen molar-refractivity contribution in [1.29, 1.82) is 0 Å². The molecule has 5 rings (SSSR count). The number of amides is 11. The first-order valence-electron chi connectivity index (χ1n) is 33.4.